The van der Waals surface area contributed by atoms with Crippen LogP contribution in [0.15, 0.2) is 12.2 Å². The monoisotopic (exact) mass is 269 g/mol. The maximum atomic E-state index is 11.6. The smallest absolute Gasteiger partial charge is 0.308 e. The highest BCUT2D eigenvalue weighted by Gasteiger charge is 2.35. The minimum atomic E-state index is -0.654. The Labute approximate surface area is 116 Å². The van der Waals surface area contributed by atoms with Crippen molar-refractivity contribution >= 4 is 5.97 Å². The van der Waals surface area contributed by atoms with Gasteiger partial charge in [0, 0.05) is 6.54 Å². The Hall–Kier alpha value is -0.870. The van der Waals surface area contributed by atoms with Crippen molar-refractivity contribution in [1.82, 2.24) is 5.32 Å². The van der Waals surface area contributed by atoms with Crippen LogP contribution in [0.25, 0.3) is 0 Å². The Bertz CT molecular complexity index is 294. The summed E-state index contributed by atoms with van der Waals surface area (Å²) in [6.45, 7) is 5.76. The van der Waals surface area contributed by atoms with Crippen LogP contribution < -0.4 is 5.32 Å². The van der Waals surface area contributed by atoms with Gasteiger partial charge in [0.25, 0.3) is 0 Å². The number of hydrogen-bond acceptors (Lipinski definition) is 4. The molecule has 110 valence electrons. The number of allylic oxidation sites excluding steroid dienone is 1. The molecule has 0 aromatic rings. The first-order chi connectivity index (χ1) is 9.11. The molecule has 0 aliphatic heterocycles. The summed E-state index contributed by atoms with van der Waals surface area (Å²) in [5, 5.41) is 13.7. The first-order valence-electron chi connectivity index (χ1n) is 7.32. The van der Waals surface area contributed by atoms with E-state index in [0.29, 0.717) is 26.0 Å². The molecule has 0 aromatic carbocycles. The number of carbonyl (C=O) groups excluding carboxylic acids is 1. The highest BCUT2D eigenvalue weighted by atomic mass is 16.5. The predicted molar refractivity (Wildman–Crippen MR) is 75.8 cm³/mol. The number of aliphatic hydroxyl groups is 1. The highest BCUT2D eigenvalue weighted by molar-refractivity contribution is 5.72. The van der Waals surface area contributed by atoms with Crippen molar-refractivity contribution in [1.29, 1.82) is 0 Å². The molecule has 1 fully saturated rings. The van der Waals surface area contributed by atoms with Crippen molar-refractivity contribution in [3.05, 3.63) is 12.2 Å². The fourth-order valence-electron chi connectivity index (χ4n) is 2.50. The van der Waals surface area contributed by atoms with Gasteiger partial charge in [-0.05, 0) is 52.5 Å². The molecule has 1 aliphatic carbocycles. The summed E-state index contributed by atoms with van der Waals surface area (Å²) in [5.41, 5.74) is -0.654. The quantitative estimate of drug-likeness (QED) is 0.422. The van der Waals surface area contributed by atoms with E-state index in [-0.39, 0.29) is 11.9 Å². The molecule has 4 heteroatoms. The van der Waals surface area contributed by atoms with E-state index in [0.717, 1.165) is 25.8 Å². The standard InChI is InChI=1S/C15H27NO3/c1-3-5-6-11-16-12-15(18)9-7-13(8-10-15)14(17)19-4-2/h3,5,13,16,18H,4,6-12H2,1-2H3/b5-3+. The topological polar surface area (TPSA) is 58.6 Å². The lowest BCUT2D eigenvalue weighted by Gasteiger charge is -2.35. The number of hydrogen-bond donors (Lipinski definition) is 2. The van der Waals surface area contributed by atoms with Crippen LogP contribution in [0.3, 0.4) is 0 Å². The van der Waals surface area contributed by atoms with Crippen molar-refractivity contribution < 1.29 is 14.6 Å². The van der Waals surface area contributed by atoms with Gasteiger partial charge < -0.3 is 15.2 Å². The summed E-state index contributed by atoms with van der Waals surface area (Å²) in [6.07, 6.45) is 7.92. The van der Waals surface area contributed by atoms with Crippen LogP contribution in [0.5, 0.6) is 0 Å². The number of rotatable bonds is 7. The second-order valence-electron chi connectivity index (χ2n) is 5.29. The summed E-state index contributed by atoms with van der Waals surface area (Å²) >= 11 is 0. The normalized spacial score (nSPS) is 27.6. The molecule has 19 heavy (non-hydrogen) atoms. The predicted octanol–water partition coefficient (Wildman–Crippen LogP) is 2.03. The molecular weight excluding hydrogens is 242 g/mol. The van der Waals surface area contributed by atoms with Gasteiger partial charge in [-0.25, -0.2) is 0 Å². The molecule has 1 saturated carbocycles. The molecule has 0 heterocycles. The molecule has 2 N–H and O–H groups in total. The molecule has 0 radical (unpaired) electrons. The summed E-state index contributed by atoms with van der Waals surface area (Å²) in [4.78, 5) is 11.6. The lowest BCUT2D eigenvalue weighted by molar-refractivity contribution is -0.151. The van der Waals surface area contributed by atoms with Crippen molar-refractivity contribution in [2.24, 2.45) is 5.92 Å². The maximum Gasteiger partial charge on any atom is 0.308 e. The minimum absolute atomic E-state index is 0.0248. The average Bonchev–Trinajstić information content (AvgIpc) is 2.39. The number of esters is 1. The van der Waals surface area contributed by atoms with E-state index in [1.54, 1.807) is 0 Å². The minimum Gasteiger partial charge on any atom is -0.466 e. The van der Waals surface area contributed by atoms with Gasteiger partial charge in [-0.15, -0.1) is 0 Å². The van der Waals surface area contributed by atoms with Crippen molar-refractivity contribution in [2.75, 3.05) is 19.7 Å². The molecular formula is C15H27NO3. The molecule has 0 amide bonds. The summed E-state index contributed by atoms with van der Waals surface area (Å²) < 4.78 is 5.03. The number of nitrogens with one attached hydrogen (secondary N) is 1. The Morgan fingerprint density at radius 3 is 2.74 bits per heavy atom. The van der Waals surface area contributed by atoms with Gasteiger partial charge in [-0.3, -0.25) is 4.79 Å². The maximum absolute atomic E-state index is 11.6. The van der Waals surface area contributed by atoms with Gasteiger partial charge in [0.1, 0.15) is 0 Å². The van der Waals surface area contributed by atoms with E-state index in [1.807, 2.05) is 19.9 Å². The Morgan fingerprint density at radius 2 is 2.16 bits per heavy atom. The lowest BCUT2D eigenvalue weighted by Crippen LogP contribution is -2.44. The second kappa shape index (κ2) is 8.33. The van der Waals surface area contributed by atoms with Crippen LogP contribution in [-0.4, -0.2) is 36.4 Å². The van der Waals surface area contributed by atoms with E-state index in [4.69, 9.17) is 4.74 Å². The fraction of sp³-hybridized carbons (Fsp3) is 0.800. The Morgan fingerprint density at radius 1 is 1.47 bits per heavy atom. The van der Waals surface area contributed by atoms with Crippen LogP contribution in [0.1, 0.15) is 46.0 Å². The van der Waals surface area contributed by atoms with Gasteiger partial charge in [0.2, 0.25) is 0 Å². The molecule has 0 atom stereocenters. The second-order valence-corrected chi connectivity index (χ2v) is 5.29. The molecule has 0 unspecified atom stereocenters. The molecule has 0 spiro atoms. The molecule has 0 saturated heterocycles. The average molecular weight is 269 g/mol. The van der Waals surface area contributed by atoms with Gasteiger partial charge in [-0.2, -0.15) is 0 Å². The summed E-state index contributed by atoms with van der Waals surface area (Å²) in [5.74, 6) is -0.131. The van der Waals surface area contributed by atoms with Crippen molar-refractivity contribution in [3.8, 4) is 0 Å². The zero-order valence-electron chi connectivity index (χ0n) is 12.2. The Kier molecular flexibility index (Phi) is 7.10. The molecule has 4 nitrogen and oxygen atoms in total. The van der Waals surface area contributed by atoms with E-state index in [1.165, 1.54) is 0 Å². The van der Waals surface area contributed by atoms with Crippen LogP contribution in [-0.2, 0) is 9.53 Å². The third-order valence-corrected chi connectivity index (χ3v) is 3.71. The van der Waals surface area contributed by atoms with Gasteiger partial charge in [0.05, 0.1) is 18.1 Å². The van der Waals surface area contributed by atoms with Crippen LogP contribution in [0.2, 0.25) is 0 Å². The number of carbonyl (C=O) groups is 1. The highest BCUT2D eigenvalue weighted by Crippen LogP contribution is 2.32. The molecule has 1 rings (SSSR count). The SMILES string of the molecule is C/C=C/CCNCC1(O)CCC(C(=O)OCC)CC1. The van der Waals surface area contributed by atoms with Crippen molar-refractivity contribution in [3.63, 3.8) is 0 Å². The fourth-order valence-corrected chi connectivity index (χ4v) is 2.50. The zero-order valence-corrected chi connectivity index (χ0v) is 12.2. The lowest BCUT2D eigenvalue weighted by atomic mass is 9.79. The van der Waals surface area contributed by atoms with Crippen molar-refractivity contribution in [2.45, 2.75) is 51.6 Å². The van der Waals surface area contributed by atoms with Gasteiger partial charge >= 0.3 is 5.97 Å². The zero-order chi connectivity index (χ0) is 14.1. The third-order valence-electron chi connectivity index (χ3n) is 3.71. The Balaban J connectivity index is 2.24. The van der Waals surface area contributed by atoms with E-state index < -0.39 is 5.60 Å². The van der Waals surface area contributed by atoms with Gasteiger partial charge in [-0.1, -0.05) is 12.2 Å². The van der Waals surface area contributed by atoms with E-state index in [2.05, 4.69) is 11.4 Å². The number of ether oxygens (including phenoxy) is 1. The third kappa shape index (κ3) is 5.74. The molecule has 0 bridgehead atoms. The molecule has 1 aliphatic rings. The van der Waals surface area contributed by atoms with Crippen LogP contribution >= 0.6 is 0 Å². The first kappa shape index (κ1) is 16.2. The van der Waals surface area contributed by atoms with Gasteiger partial charge in [0.15, 0.2) is 0 Å². The summed E-state index contributed by atoms with van der Waals surface area (Å²) in [7, 11) is 0. The van der Waals surface area contributed by atoms with Crippen LogP contribution in [0, 0.1) is 5.92 Å². The molecule has 0 aromatic heterocycles. The largest absolute Gasteiger partial charge is 0.466 e. The first-order valence-corrected chi connectivity index (χ1v) is 7.32. The van der Waals surface area contributed by atoms with E-state index in [9.17, 15) is 9.90 Å². The summed E-state index contributed by atoms with van der Waals surface area (Å²) in [6, 6.07) is 0. The van der Waals surface area contributed by atoms with E-state index >= 15 is 0 Å². The van der Waals surface area contributed by atoms with Crippen LogP contribution in [0.4, 0.5) is 0 Å².